The van der Waals surface area contributed by atoms with Crippen molar-refractivity contribution >= 4 is 28.5 Å². The van der Waals surface area contributed by atoms with Crippen molar-refractivity contribution in [2.75, 3.05) is 4.90 Å². The summed E-state index contributed by atoms with van der Waals surface area (Å²) in [5, 5.41) is 9.77. The Morgan fingerprint density at radius 3 is 2.40 bits per heavy atom. The number of imide groups is 1. The number of nitrogens with zero attached hydrogens (tertiary/aromatic N) is 1. The van der Waals surface area contributed by atoms with Crippen LogP contribution in [0.1, 0.15) is 5.56 Å². The van der Waals surface area contributed by atoms with E-state index in [1.54, 1.807) is 12.1 Å². The fraction of sp³-hybridized carbons (Fsp3) is 0.0714. The predicted octanol–water partition coefficient (Wildman–Crippen LogP) is 0.715. The number of carbonyl (C=O) groups is 2. The Morgan fingerprint density at radius 1 is 1.05 bits per heavy atom. The maximum absolute atomic E-state index is 11.6. The van der Waals surface area contributed by atoms with Crippen molar-refractivity contribution in [3.63, 3.8) is 0 Å². The van der Waals surface area contributed by atoms with Gasteiger partial charge in [-0.15, -0.1) is 0 Å². The second-order valence-corrected chi connectivity index (χ2v) is 4.27. The fourth-order valence-corrected chi connectivity index (χ4v) is 2.14. The molecule has 6 heteroatoms. The third-order valence-electron chi connectivity index (χ3n) is 3.05. The molecule has 2 aromatic rings. The molecule has 1 aliphatic rings. The largest absolute Gasteiger partial charge is 0.423 e. The first-order valence-corrected chi connectivity index (χ1v) is 5.84. The molecule has 0 atom stereocenters. The van der Waals surface area contributed by atoms with E-state index in [1.165, 1.54) is 24.3 Å². The molecule has 2 amide bonds. The highest BCUT2D eigenvalue weighted by Gasteiger charge is 2.25. The maximum Gasteiger partial charge on any atom is 0.336 e. The number of benzene rings is 1. The number of anilines is 1. The van der Waals surface area contributed by atoms with Gasteiger partial charge in [-0.05, 0) is 17.7 Å². The number of fused-ring (bicyclic) bond motifs is 1. The van der Waals surface area contributed by atoms with E-state index >= 15 is 0 Å². The molecule has 6 nitrogen and oxygen atoms in total. The molecule has 0 saturated heterocycles. The Kier molecular flexibility index (Phi) is 2.73. The molecule has 2 heterocycles. The van der Waals surface area contributed by atoms with E-state index in [4.69, 9.17) is 4.42 Å². The molecule has 0 radical (unpaired) electrons. The number of hydrogen-bond donors (Lipinski definition) is 1. The van der Waals surface area contributed by atoms with Crippen LogP contribution in [-0.2, 0) is 16.2 Å². The van der Waals surface area contributed by atoms with Crippen LogP contribution in [0.25, 0.3) is 11.0 Å². The summed E-state index contributed by atoms with van der Waals surface area (Å²) in [5.41, 5.74) is 0.359. The Labute approximate surface area is 112 Å². The summed E-state index contributed by atoms with van der Waals surface area (Å²) in [6, 6.07) is 5.79. The first-order valence-electron chi connectivity index (χ1n) is 5.84. The van der Waals surface area contributed by atoms with Crippen molar-refractivity contribution in [3.05, 3.63) is 52.4 Å². The lowest BCUT2D eigenvalue weighted by molar-refractivity contribution is -0.119. The molecule has 3 rings (SSSR count). The van der Waals surface area contributed by atoms with Crippen LogP contribution in [-0.4, -0.2) is 16.9 Å². The monoisotopic (exact) mass is 271 g/mol. The van der Waals surface area contributed by atoms with Gasteiger partial charge in [0.25, 0.3) is 11.8 Å². The standard InChI is InChI=1S/C14H9NO5/c16-7-8-5-14(19)20-11-6-9(1-2-10(8)11)15-12(17)3-4-13(15)18/h1-6,16H,7H2. The maximum atomic E-state index is 11.6. The zero-order chi connectivity index (χ0) is 14.3. The van der Waals surface area contributed by atoms with Crippen molar-refractivity contribution in [1.82, 2.24) is 0 Å². The summed E-state index contributed by atoms with van der Waals surface area (Å²) in [5.74, 6) is -0.898. The molecule has 0 unspecified atom stereocenters. The highest BCUT2D eigenvalue weighted by Crippen LogP contribution is 2.25. The topological polar surface area (TPSA) is 87.8 Å². The first-order chi connectivity index (χ1) is 9.60. The van der Waals surface area contributed by atoms with Crippen molar-refractivity contribution in [1.29, 1.82) is 0 Å². The molecule has 1 aromatic carbocycles. The Hall–Kier alpha value is -2.73. The smallest absolute Gasteiger partial charge is 0.336 e. The van der Waals surface area contributed by atoms with Crippen LogP contribution in [0.5, 0.6) is 0 Å². The fourth-order valence-electron chi connectivity index (χ4n) is 2.14. The van der Waals surface area contributed by atoms with Gasteiger partial charge in [0, 0.05) is 29.7 Å². The molecule has 1 aromatic heterocycles. The predicted molar refractivity (Wildman–Crippen MR) is 70.0 cm³/mol. The number of rotatable bonds is 2. The third-order valence-corrected chi connectivity index (χ3v) is 3.05. The van der Waals surface area contributed by atoms with Gasteiger partial charge < -0.3 is 9.52 Å². The molecule has 1 N–H and O–H groups in total. The number of carbonyl (C=O) groups excluding carboxylic acids is 2. The third kappa shape index (κ3) is 1.83. The summed E-state index contributed by atoms with van der Waals surface area (Å²) in [6.45, 7) is -0.301. The van der Waals surface area contributed by atoms with Gasteiger partial charge in [0.2, 0.25) is 0 Å². The quantitative estimate of drug-likeness (QED) is 0.642. The van der Waals surface area contributed by atoms with E-state index in [0.29, 0.717) is 16.6 Å². The van der Waals surface area contributed by atoms with Crippen LogP contribution in [0.2, 0.25) is 0 Å². The molecular formula is C14H9NO5. The summed E-state index contributed by atoms with van der Waals surface area (Å²) in [4.78, 5) is 35.6. The van der Waals surface area contributed by atoms with Crippen LogP contribution >= 0.6 is 0 Å². The highest BCUT2D eigenvalue weighted by atomic mass is 16.4. The van der Waals surface area contributed by atoms with Crippen molar-refractivity contribution in [2.45, 2.75) is 6.61 Å². The summed E-state index contributed by atoms with van der Waals surface area (Å²) >= 11 is 0. The first kappa shape index (κ1) is 12.3. The normalized spacial score (nSPS) is 14.6. The number of amides is 2. The van der Waals surface area contributed by atoms with Gasteiger partial charge in [0.15, 0.2) is 0 Å². The molecule has 0 fully saturated rings. The lowest BCUT2D eigenvalue weighted by Crippen LogP contribution is -2.29. The number of hydrogen-bond acceptors (Lipinski definition) is 5. The van der Waals surface area contributed by atoms with E-state index < -0.39 is 17.4 Å². The minimum Gasteiger partial charge on any atom is -0.423 e. The van der Waals surface area contributed by atoms with Crippen molar-refractivity contribution in [2.24, 2.45) is 0 Å². The Bertz CT molecular complexity index is 800. The lowest BCUT2D eigenvalue weighted by Gasteiger charge is -2.14. The number of aliphatic hydroxyl groups is 1. The van der Waals surface area contributed by atoms with Gasteiger partial charge >= 0.3 is 5.63 Å². The Morgan fingerprint density at radius 2 is 1.75 bits per heavy atom. The van der Waals surface area contributed by atoms with Crippen molar-refractivity contribution < 1.29 is 19.1 Å². The molecular weight excluding hydrogens is 262 g/mol. The average Bonchev–Trinajstić information content (AvgIpc) is 2.76. The molecule has 0 spiro atoms. The van der Waals surface area contributed by atoms with E-state index in [1.807, 2.05) is 0 Å². The molecule has 0 aliphatic carbocycles. The van der Waals surface area contributed by atoms with Crippen LogP contribution in [0.4, 0.5) is 5.69 Å². The van der Waals surface area contributed by atoms with E-state index in [-0.39, 0.29) is 12.2 Å². The molecule has 100 valence electrons. The van der Waals surface area contributed by atoms with Gasteiger partial charge in [-0.1, -0.05) is 0 Å². The van der Waals surface area contributed by atoms with Crippen LogP contribution in [0.15, 0.2) is 45.6 Å². The highest BCUT2D eigenvalue weighted by molar-refractivity contribution is 6.28. The van der Waals surface area contributed by atoms with Crippen LogP contribution in [0.3, 0.4) is 0 Å². The van der Waals surface area contributed by atoms with Crippen LogP contribution < -0.4 is 10.5 Å². The van der Waals surface area contributed by atoms with E-state index in [9.17, 15) is 19.5 Å². The number of aliphatic hydroxyl groups excluding tert-OH is 1. The second-order valence-electron chi connectivity index (χ2n) is 4.27. The van der Waals surface area contributed by atoms with E-state index in [0.717, 1.165) is 4.90 Å². The molecule has 1 aliphatic heterocycles. The SMILES string of the molecule is O=C1C=CC(=O)N1c1ccc2c(CO)cc(=O)oc2c1. The van der Waals surface area contributed by atoms with E-state index in [2.05, 4.69) is 0 Å². The molecule has 20 heavy (non-hydrogen) atoms. The zero-order valence-corrected chi connectivity index (χ0v) is 10.2. The lowest BCUT2D eigenvalue weighted by atomic mass is 10.1. The van der Waals surface area contributed by atoms with Gasteiger partial charge in [0.05, 0.1) is 12.3 Å². The minimum absolute atomic E-state index is 0.214. The van der Waals surface area contributed by atoms with Gasteiger partial charge in [-0.25, -0.2) is 9.69 Å². The summed E-state index contributed by atoms with van der Waals surface area (Å²) in [7, 11) is 0. The van der Waals surface area contributed by atoms with Crippen molar-refractivity contribution in [3.8, 4) is 0 Å². The Balaban J connectivity index is 2.19. The van der Waals surface area contributed by atoms with Crippen LogP contribution in [0, 0.1) is 0 Å². The molecule has 0 saturated carbocycles. The zero-order valence-electron chi connectivity index (χ0n) is 10.2. The summed E-state index contributed by atoms with van der Waals surface area (Å²) < 4.78 is 5.04. The van der Waals surface area contributed by atoms with Gasteiger partial charge in [-0.2, -0.15) is 0 Å². The van der Waals surface area contributed by atoms with Gasteiger partial charge in [-0.3, -0.25) is 9.59 Å². The molecule has 0 bridgehead atoms. The minimum atomic E-state index is -0.601. The second kappa shape index (κ2) is 4.43. The van der Waals surface area contributed by atoms with Gasteiger partial charge in [0.1, 0.15) is 5.58 Å². The average molecular weight is 271 g/mol. The summed E-state index contributed by atoms with van der Waals surface area (Å²) in [6.07, 6.45) is 2.35.